The van der Waals surface area contributed by atoms with Crippen molar-refractivity contribution in [1.82, 2.24) is 4.98 Å². The molecule has 2 saturated heterocycles. The Labute approximate surface area is 334 Å². The Morgan fingerprint density at radius 2 is 0.847 bits per heavy atom. The number of esters is 6. The number of pyridine rings is 1. The van der Waals surface area contributed by atoms with Crippen molar-refractivity contribution in [3.63, 3.8) is 0 Å². The maximum atomic E-state index is 11.4. The molecule has 2 aliphatic heterocycles. The van der Waals surface area contributed by atoms with Crippen LogP contribution in [0.4, 0.5) is 22.7 Å². The summed E-state index contributed by atoms with van der Waals surface area (Å²) in [7, 11) is 0. The zero-order valence-electron chi connectivity index (χ0n) is 31.5. The fourth-order valence-corrected chi connectivity index (χ4v) is 5.08. The predicted octanol–water partition coefficient (Wildman–Crippen LogP) is 0.282. The second-order valence-corrected chi connectivity index (χ2v) is 11.8. The van der Waals surface area contributed by atoms with E-state index in [1.165, 1.54) is 38.1 Å². The summed E-state index contributed by atoms with van der Waals surface area (Å²) >= 11 is 0. The van der Waals surface area contributed by atoms with Crippen molar-refractivity contribution in [3.05, 3.63) is 79.1 Å². The van der Waals surface area contributed by atoms with Crippen LogP contribution in [0.25, 0.3) is 0 Å². The molecule has 0 atom stereocenters. The van der Waals surface area contributed by atoms with Gasteiger partial charge in [0.15, 0.2) is 0 Å². The minimum atomic E-state index is -1.28. The van der Waals surface area contributed by atoms with E-state index in [9.17, 15) is 47.9 Å². The molecule has 0 unspecified atom stereocenters. The van der Waals surface area contributed by atoms with Crippen molar-refractivity contribution < 1.29 is 82.6 Å². The Hall–Kier alpha value is -7.91. The first-order valence-electron chi connectivity index (χ1n) is 16.9. The number of para-hydroxylation sites is 4. The van der Waals surface area contributed by atoms with Gasteiger partial charge in [-0.05, 0) is 36.4 Å². The van der Waals surface area contributed by atoms with E-state index in [1.807, 2.05) is 18.2 Å². The van der Waals surface area contributed by atoms with Crippen LogP contribution in [0.1, 0.15) is 13.8 Å². The Kier molecular flexibility index (Phi) is 19.1. The summed E-state index contributed by atoms with van der Waals surface area (Å²) in [6, 6.07) is 18.4. The number of nitrogens with zero attached hydrogens (tertiary/aromatic N) is 5. The van der Waals surface area contributed by atoms with Crippen LogP contribution in [0, 0.1) is 0 Å². The maximum absolute atomic E-state index is 11.4. The number of cyclic esters (lactones) is 4. The molecule has 0 aliphatic carbocycles. The monoisotopic (exact) mass is 825 g/mol. The van der Waals surface area contributed by atoms with Gasteiger partial charge in [-0.25, -0.2) is 19.2 Å². The van der Waals surface area contributed by atoms with E-state index >= 15 is 0 Å². The van der Waals surface area contributed by atoms with Crippen molar-refractivity contribution in [2.45, 2.75) is 13.8 Å². The van der Waals surface area contributed by atoms with Gasteiger partial charge >= 0.3 is 59.7 Å². The average molecular weight is 826 g/mol. The molecule has 2 aromatic carbocycles. The largest absolute Gasteiger partial charge is 0.480 e. The van der Waals surface area contributed by atoms with Crippen LogP contribution < -0.4 is 19.6 Å². The number of morpholine rings is 2. The molecule has 3 aromatic rings. The van der Waals surface area contributed by atoms with Gasteiger partial charge in [-0.1, -0.05) is 30.3 Å². The van der Waals surface area contributed by atoms with Gasteiger partial charge in [-0.3, -0.25) is 33.8 Å². The highest BCUT2D eigenvalue weighted by atomic mass is 16.6. The van der Waals surface area contributed by atoms with Crippen LogP contribution in [-0.2, 0) is 62.2 Å². The molecule has 314 valence electrons. The smallest absolute Gasteiger partial charge is 0.333 e. The number of carbonyl (C=O) groups is 10. The fourth-order valence-electron chi connectivity index (χ4n) is 5.08. The molecule has 0 radical (unpaired) electrons. The first-order valence-corrected chi connectivity index (χ1v) is 16.9. The van der Waals surface area contributed by atoms with E-state index in [-0.39, 0.29) is 37.6 Å². The molecule has 59 heavy (non-hydrogen) atoms. The lowest BCUT2D eigenvalue weighted by Crippen LogP contribution is -2.46. The third-order valence-corrected chi connectivity index (χ3v) is 7.02. The van der Waals surface area contributed by atoms with Gasteiger partial charge < -0.3 is 54.2 Å². The lowest BCUT2D eigenvalue weighted by Gasteiger charge is -2.33. The van der Waals surface area contributed by atoms with E-state index in [0.29, 0.717) is 11.4 Å². The SMILES string of the molecule is CC(=O)OC(C)=O.O=C(O)CN(CC(=O)O)c1ccccc1N(CC(=O)O)CC(=O)O.O=C1CN(c2ccccc2N2CC(=O)OC(=O)C2)CC(=O)O1.c1ccncc1. The molecule has 3 heterocycles. The summed E-state index contributed by atoms with van der Waals surface area (Å²) in [6.07, 6.45) is 3.50. The maximum Gasteiger partial charge on any atom is 0.333 e. The summed E-state index contributed by atoms with van der Waals surface area (Å²) in [5, 5.41) is 35.8. The summed E-state index contributed by atoms with van der Waals surface area (Å²) < 4.78 is 13.0. The molecule has 22 heteroatoms. The number of hydrogen-bond donors (Lipinski definition) is 4. The first kappa shape index (κ1) is 47.2. The lowest BCUT2D eigenvalue weighted by atomic mass is 10.2. The van der Waals surface area contributed by atoms with Crippen LogP contribution in [0.5, 0.6) is 0 Å². The number of aliphatic carboxylic acids is 4. The van der Waals surface area contributed by atoms with E-state index in [4.69, 9.17) is 20.4 Å². The van der Waals surface area contributed by atoms with Crippen molar-refractivity contribution >= 4 is 82.4 Å². The molecule has 22 nitrogen and oxygen atoms in total. The van der Waals surface area contributed by atoms with Crippen molar-refractivity contribution in [1.29, 1.82) is 0 Å². The number of ether oxygens (including phenoxy) is 3. The molecule has 4 N–H and O–H groups in total. The molecule has 0 amide bonds. The molecule has 2 aliphatic rings. The number of rotatable bonds is 12. The molecule has 5 rings (SSSR count). The van der Waals surface area contributed by atoms with Crippen molar-refractivity contribution in [2.24, 2.45) is 0 Å². The second-order valence-electron chi connectivity index (χ2n) is 11.8. The van der Waals surface area contributed by atoms with E-state index in [2.05, 4.69) is 19.2 Å². The number of aromatic nitrogens is 1. The van der Waals surface area contributed by atoms with E-state index in [0.717, 1.165) is 9.80 Å². The highest BCUT2D eigenvalue weighted by molar-refractivity contribution is 5.98. The summed E-state index contributed by atoms with van der Waals surface area (Å²) in [4.78, 5) is 118. The Morgan fingerprint density at radius 3 is 1.07 bits per heavy atom. The third-order valence-electron chi connectivity index (χ3n) is 7.02. The molecule has 0 spiro atoms. The molecule has 0 bridgehead atoms. The van der Waals surface area contributed by atoms with E-state index in [1.54, 1.807) is 46.5 Å². The highest BCUT2D eigenvalue weighted by Crippen LogP contribution is 2.31. The number of anilines is 4. The predicted molar refractivity (Wildman–Crippen MR) is 201 cm³/mol. The van der Waals surface area contributed by atoms with Crippen LogP contribution in [0.15, 0.2) is 79.1 Å². The molecule has 1 aromatic heterocycles. The topological polar surface area (TPSA) is 305 Å². The Bertz CT molecular complexity index is 1790. The Balaban J connectivity index is 0.000000313. The second kappa shape index (κ2) is 23.9. The zero-order valence-corrected chi connectivity index (χ0v) is 31.5. The number of carboxylic acids is 4. The minimum absolute atomic E-state index is 0.0744. The molecule has 2 fully saturated rings. The summed E-state index contributed by atoms with van der Waals surface area (Å²) in [5.74, 6) is -8.81. The van der Waals surface area contributed by atoms with Crippen LogP contribution in [-0.4, -0.2) is 137 Å². The third kappa shape index (κ3) is 18.1. The molecular weight excluding hydrogens is 786 g/mol. The van der Waals surface area contributed by atoms with Gasteiger partial charge in [-0.2, -0.15) is 0 Å². The van der Waals surface area contributed by atoms with Gasteiger partial charge in [-0.15, -0.1) is 0 Å². The van der Waals surface area contributed by atoms with Crippen molar-refractivity contribution in [2.75, 3.05) is 72.0 Å². The Morgan fingerprint density at radius 1 is 0.542 bits per heavy atom. The first-order chi connectivity index (χ1) is 27.9. The van der Waals surface area contributed by atoms with Gasteiger partial charge in [0.1, 0.15) is 52.4 Å². The normalized spacial score (nSPS) is 12.9. The minimum Gasteiger partial charge on any atom is -0.480 e. The zero-order chi connectivity index (χ0) is 44.1. The number of hydrogen-bond acceptors (Lipinski definition) is 18. The summed E-state index contributed by atoms with van der Waals surface area (Å²) in [5.41, 5.74) is 1.39. The standard InChI is InChI=1S/C14H16N2O8.C14H12N2O6.C5H5N.C4H6O3/c17-11(18)5-15(6-12(19)20)9-3-1-2-4-10(9)16(7-13(21)22)8-14(23)24;17-11-5-15(6-12(18)21-11)9-3-1-2-4-10(9)16-7-13(19)22-14(20)8-16;1-2-4-6-5-3-1;1-3(5)7-4(2)6/h1-4H,5-8H2,(H,17,18)(H,19,20)(H,21,22)(H,23,24);1-4H,5-8H2;1-5H;1-2H3. The number of benzene rings is 2. The van der Waals surface area contributed by atoms with Gasteiger partial charge in [0.05, 0.1) is 22.7 Å². The van der Waals surface area contributed by atoms with Crippen LogP contribution in [0.2, 0.25) is 0 Å². The summed E-state index contributed by atoms with van der Waals surface area (Å²) in [6.45, 7) is -0.500. The fraction of sp³-hybridized carbons (Fsp3) is 0.270. The quantitative estimate of drug-likeness (QED) is 0.108. The van der Waals surface area contributed by atoms with E-state index < -0.39 is 85.9 Å². The number of carbonyl (C=O) groups excluding carboxylic acids is 6. The van der Waals surface area contributed by atoms with Crippen molar-refractivity contribution in [3.8, 4) is 0 Å². The van der Waals surface area contributed by atoms with Gasteiger partial charge in [0.25, 0.3) is 0 Å². The van der Waals surface area contributed by atoms with Gasteiger partial charge in [0.2, 0.25) is 0 Å². The van der Waals surface area contributed by atoms with Gasteiger partial charge in [0, 0.05) is 26.2 Å². The van der Waals surface area contributed by atoms with Crippen LogP contribution >= 0.6 is 0 Å². The lowest BCUT2D eigenvalue weighted by molar-refractivity contribution is -0.162. The van der Waals surface area contributed by atoms with Crippen LogP contribution in [0.3, 0.4) is 0 Å². The molecular formula is C37H39N5O17. The average Bonchev–Trinajstić information content (AvgIpc) is 3.14. The number of carboxylic acid groups (broad SMARTS) is 4. The highest BCUT2D eigenvalue weighted by Gasteiger charge is 2.31. The molecule has 0 saturated carbocycles.